The van der Waals surface area contributed by atoms with Gasteiger partial charge in [0.1, 0.15) is 26.7 Å². The van der Waals surface area contributed by atoms with Crippen molar-refractivity contribution in [2.45, 2.75) is 37.6 Å². The zero-order valence-corrected chi connectivity index (χ0v) is 17.2. The lowest BCUT2D eigenvalue weighted by Gasteiger charge is -2.25. The van der Waals surface area contributed by atoms with E-state index in [4.69, 9.17) is 39.8 Å². The predicted octanol–water partition coefficient (Wildman–Crippen LogP) is 1.48. The number of imide groups is 1. The highest BCUT2D eigenvalue weighted by Gasteiger charge is 2.43. The number of nitrogens with two attached hydrogens (primary N) is 1. The van der Waals surface area contributed by atoms with Crippen LogP contribution in [0, 0.1) is 6.57 Å². The van der Waals surface area contributed by atoms with Crippen LogP contribution in [0.25, 0.3) is 4.85 Å². The topological polar surface area (TPSA) is 105 Å². The molecule has 11 heteroatoms. The second-order valence-corrected chi connectivity index (χ2v) is 7.75. The van der Waals surface area contributed by atoms with E-state index in [1.165, 1.54) is 4.90 Å². The van der Waals surface area contributed by atoms with Crippen molar-refractivity contribution < 1.29 is 29.5 Å². The molecule has 1 saturated heterocycles. The fourth-order valence-electron chi connectivity index (χ4n) is 3.28. The zero-order chi connectivity index (χ0) is 22.4. The maximum Gasteiger partial charge on any atom is 0.261 e. The van der Waals surface area contributed by atoms with Crippen LogP contribution in [0.5, 0.6) is 0 Å². The number of ether oxygens (including phenoxy) is 2. The summed E-state index contributed by atoms with van der Waals surface area (Å²) >= 11 is 0. The summed E-state index contributed by atoms with van der Waals surface area (Å²) in [6.07, 6.45) is -1.62. The number of rotatable bonds is 10. The van der Waals surface area contributed by atoms with E-state index < -0.39 is 32.8 Å². The minimum atomic E-state index is -1.79. The van der Waals surface area contributed by atoms with Crippen LogP contribution in [0.3, 0.4) is 0 Å². The van der Waals surface area contributed by atoms with Crippen molar-refractivity contribution >= 4 is 28.2 Å². The molecule has 158 valence electrons. The smallest absolute Gasteiger partial charge is 0.261 e. The van der Waals surface area contributed by atoms with Gasteiger partial charge in [-0.3, -0.25) is 20.0 Å². The summed E-state index contributed by atoms with van der Waals surface area (Å²) in [7, 11) is 4.21. The van der Waals surface area contributed by atoms with Crippen molar-refractivity contribution in [2.24, 2.45) is 5.50 Å². The maximum atomic E-state index is 12.4. The van der Waals surface area contributed by atoms with Crippen LogP contribution in [0.4, 0.5) is 0 Å². The van der Waals surface area contributed by atoms with E-state index in [2.05, 4.69) is 4.85 Å². The second kappa shape index (κ2) is 10.4. The Morgan fingerprint density at radius 2 is 2.00 bits per heavy atom. The number of carbonyl (C=O) groups is 2. The molecule has 2 aliphatic heterocycles. The number of hydrogen-bond acceptors (Lipinski definition) is 7. The zero-order valence-electron chi connectivity index (χ0n) is 17.3. The Morgan fingerprint density at radius 1 is 1.30 bits per heavy atom. The van der Waals surface area contributed by atoms with Gasteiger partial charge in [0.2, 0.25) is 6.54 Å². The Morgan fingerprint density at radius 3 is 2.63 bits per heavy atom. The third kappa shape index (κ3) is 5.06. The Hall–Kier alpha value is -1.86. The van der Waals surface area contributed by atoms with Crippen LogP contribution in [0.15, 0.2) is 24.3 Å². The molecule has 1 aromatic carbocycles. The molecule has 2 N–H and O–H groups in total. The minimum absolute atomic E-state index is 0.0987. The Kier molecular flexibility index (Phi) is 7.44. The van der Waals surface area contributed by atoms with Gasteiger partial charge >= 0.3 is 0 Å². The molecule has 0 saturated carbocycles. The lowest BCUT2D eigenvalue weighted by Crippen LogP contribution is -2.38. The van der Waals surface area contributed by atoms with E-state index in [9.17, 15) is 9.59 Å². The molecule has 1 aromatic rings. The van der Waals surface area contributed by atoms with E-state index >= 15 is 0 Å². The first-order chi connectivity index (χ1) is 15.0. The van der Waals surface area contributed by atoms with Crippen LogP contribution < -0.4 is 5.50 Å². The molecule has 0 spiro atoms. The molecule has 3 rings (SSSR count). The van der Waals surface area contributed by atoms with Crippen molar-refractivity contribution in [3.63, 3.8) is 0 Å². The highest BCUT2D eigenvalue weighted by atomic mass is 31.2. The number of benzene rings is 1. The van der Waals surface area contributed by atoms with Gasteiger partial charge in [-0.25, -0.2) is 6.57 Å². The summed E-state index contributed by atoms with van der Waals surface area (Å²) in [5.74, 6) is -0.635. The first-order valence-electron chi connectivity index (χ1n) is 10.1. The molecule has 0 bridgehead atoms. The van der Waals surface area contributed by atoms with E-state index in [1.807, 2.05) is 0 Å². The van der Waals surface area contributed by atoms with Gasteiger partial charge in [-0.15, -0.1) is 0 Å². The number of fused-ring (bicyclic) bond motifs is 1. The Balaban J connectivity index is 1.50. The monoisotopic (exact) mass is 432 g/mol. The van der Waals surface area contributed by atoms with Crippen LogP contribution in [0.1, 0.15) is 35.4 Å². The number of nitrogens with zero attached hydrogens (tertiary/aromatic N) is 2. The summed E-state index contributed by atoms with van der Waals surface area (Å²) in [4.78, 5) is 29.2. The molecule has 1 unspecified atom stereocenters. The van der Waals surface area contributed by atoms with Crippen molar-refractivity contribution in [2.75, 3.05) is 26.3 Å². The molecule has 1 fully saturated rings. The van der Waals surface area contributed by atoms with E-state index in [0.29, 0.717) is 17.5 Å². The number of carbonyl (C=O) groups excluding carboxylic acids is 2. The molecule has 0 aliphatic carbocycles. The fraction of sp³-hybridized carbons (Fsp3) is 0.526. The van der Waals surface area contributed by atoms with Gasteiger partial charge in [-0.05, 0) is 25.5 Å². The Bertz CT molecular complexity index is 808. The summed E-state index contributed by atoms with van der Waals surface area (Å²) < 4.78 is 30.0. The molecule has 5 atom stereocenters. The average molecular weight is 432 g/mol. The normalized spacial score (nSPS) is 27.1. The van der Waals surface area contributed by atoms with Crippen molar-refractivity contribution in [1.82, 2.24) is 4.90 Å². The first-order valence-corrected chi connectivity index (χ1v) is 10.7. The van der Waals surface area contributed by atoms with Gasteiger partial charge in [0.25, 0.3) is 20.3 Å². The van der Waals surface area contributed by atoms with Gasteiger partial charge in [-0.1, -0.05) is 12.1 Å². The SMILES string of the molecule is [2H]C[C@H]1O[C@@H]([B])[C@H](OCCCN2C(=O)c3ccccc3C2=O)[C@@H]1OP(N)OCC[N+]#[C-]. The highest BCUT2D eigenvalue weighted by molar-refractivity contribution is 7.44. The molecule has 2 aliphatic rings. The standard InChI is InChI=1S/C19H23BN3O6P/c1-12-15(29-30(21)27-11-8-22-2)16(17(20)28-12)26-10-5-9-23-18(24)13-6-3-4-7-14(13)19(23)25/h3-4,6-7,12,15-17H,5,8-11,21H2,1H3/t12-,15-,16-,17-,30?/m1/s1/i1D. The van der Waals surface area contributed by atoms with Crippen molar-refractivity contribution in [1.29, 1.82) is 0 Å². The van der Waals surface area contributed by atoms with Gasteiger partial charge < -0.3 is 23.4 Å². The fourth-order valence-corrected chi connectivity index (χ4v) is 4.10. The molecular formula is C19H23BN3O6P. The van der Waals surface area contributed by atoms with Gasteiger partial charge in [0, 0.05) is 20.5 Å². The number of hydrogen-bond donors (Lipinski definition) is 1. The van der Waals surface area contributed by atoms with Gasteiger partial charge in [0.15, 0.2) is 0 Å². The maximum absolute atomic E-state index is 12.4. The molecule has 0 aromatic heterocycles. The summed E-state index contributed by atoms with van der Waals surface area (Å²) in [6, 6.07) is 5.90. The quantitative estimate of drug-likeness (QED) is 0.196. The molecule has 2 amide bonds. The van der Waals surface area contributed by atoms with Gasteiger partial charge in [-0.2, -0.15) is 0 Å². The van der Waals surface area contributed by atoms with Crippen LogP contribution in [-0.2, 0) is 18.5 Å². The van der Waals surface area contributed by atoms with Crippen LogP contribution in [0.2, 0.25) is 0 Å². The van der Waals surface area contributed by atoms with Crippen LogP contribution >= 0.6 is 8.53 Å². The molecular weight excluding hydrogens is 408 g/mol. The van der Waals surface area contributed by atoms with Crippen molar-refractivity contribution in [3.05, 3.63) is 46.8 Å². The largest absolute Gasteiger partial charge is 0.379 e. The third-order valence-electron chi connectivity index (χ3n) is 4.71. The predicted molar refractivity (Wildman–Crippen MR) is 110 cm³/mol. The third-order valence-corrected chi connectivity index (χ3v) is 5.60. The summed E-state index contributed by atoms with van der Waals surface area (Å²) in [6.45, 7) is 7.36. The van der Waals surface area contributed by atoms with Crippen LogP contribution in [-0.4, -0.2) is 75.2 Å². The Labute approximate surface area is 179 Å². The molecule has 2 radical (unpaired) electrons. The molecule has 9 nitrogen and oxygen atoms in total. The van der Waals surface area contributed by atoms with Crippen molar-refractivity contribution in [3.8, 4) is 0 Å². The minimum Gasteiger partial charge on any atom is -0.379 e. The number of amides is 2. The summed E-state index contributed by atoms with van der Waals surface area (Å²) in [5, 5.41) is 0. The molecule has 2 heterocycles. The molecule has 30 heavy (non-hydrogen) atoms. The average Bonchev–Trinajstić information content (AvgIpc) is 3.19. The van der Waals surface area contributed by atoms with E-state index in [-0.39, 0.29) is 45.0 Å². The second-order valence-electron chi connectivity index (χ2n) is 6.71. The highest BCUT2D eigenvalue weighted by Crippen LogP contribution is 2.37. The first kappa shape index (κ1) is 21.4. The van der Waals surface area contributed by atoms with Gasteiger partial charge in [0.05, 0.1) is 17.2 Å². The van der Waals surface area contributed by atoms with E-state index in [0.717, 1.165) is 0 Å². The lowest BCUT2D eigenvalue weighted by atomic mass is 9.93. The summed E-state index contributed by atoms with van der Waals surface area (Å²) in [5.41, 5.74) is 6.66. The lowest BCUT2D eigenvalue weighted by molar-refractivity contribution is -0.0139. The van der Waals surface area contributed by atoms with E-state index in [1.54, 1.807) is 24.3 Å².